The molecule has 4 aliphatic heterocycles. The van der Waals surface area contributed by atoms with Crippen LogP contribution >= 0.6 is 0 Å². The van der Waals surface area contributed by atoms with Crippen LogP contribution in [-0.4, -0.2) is 81.3 Å². The van der Waals surface area contributed by atoms with Gasteiger partial charge >= 0.3 is 6.01 Å². The van der Waals surface area contributed by atoms with Crippen LogP contribution in [0.5, 0.6) is 6.01 Å². The number of amides is 1. The predicted molar refractivity (Wildman–Crippen MR) is 190 cm³/mol. The lowest BCUT2D eigenvalue weighted by Gasteiger charge is -2.33. The van der Waals surface area contributed by atoms with Gasteiger partial charge in [0.15, 0.2) is 5.69 Å². The molecule has 0 radical (unpaired) electrons. The number of hydrogen-bond donors (Lipinski definition) is 1. The van der Waals surface area contributed by atoms with Crippen LogP contribution in [0, 0.1) is 5.82 Å². The van der Waals surface area contributed by atoms with E-state index in [9.17, 15) is 4.79 Å². The lowest BCUT2D eigenvalue weighted by atomic mass is 9.90. The highest BCUT2D eigenvalue weighted by Crippen LogP contribution is 2.43. The number of fused-ring (bicyclic) bond motifs is 4. The molecule has 1 amide bonds. The molecule has 4 aromatic rings. The molecule has 2 N–H and O–H groups in total. The summed E-state index contributed by atoms with van der Waals surface area (Å²) < 4.78 is 30.3. The number of halogens is 1. The van der Waals surface area contributed by atoms with Gasteiger partial charge in [-0.05, 0) is 84.8 Å². The Kier molecular flexibility index (Phi) is 8.26. The molecule has 12 heteroatoms. The van der Waals surface area contributed by atoms with Gasteiger partial charge in [0.25, 0.3) is 5.91 Å². The molecule has 8 rings (SSSR count). The average Bonchev–Trinajstić information content (AvgIpc) is 3.73. The molecular formula is C38H45FN8O3. The maximum atomic E-state index is 15.1. The van der Waals surface area contributed by atoms with Gasteiger partial charge in [-0.2, -0.15) is 15.1 Å². The Morgan fingerprint density at radius 1 is 1.16 bits per heavy atom. The van der Waals surface area contributed by atoms with Crippen molar-refractivity contribution in [1.29, 1.82) is 0 Å². The zero-order chi connectivity index (χ0) is 34.7. The quantitative estimate of drug-likeness (QED) is 0.208. The molecule has 4 aliphatic rings. The average molecular weight is 681 g/mol. The molecule has 2 aromatic carbocycles. The van der Waals surface area contributed by atoms with Crippen molar-refractivity contribution in [2.45, 2.75) is 76.8 Å². The summed E-state index contributed by atoms with van der Waals surface area (Å²) in [6, 6.07) is 9.34. The summed E-state index contributed by atoms with van der Waals surface area (Å²) in [6.45, 7) is 10.9. The zero-order valence-corrected chi connectivity index (χ0v) is 29.2. The van der Waals surface area contributed by atoms with Crippen LogP contribution in [0.1, 0.15) is 77.3 Å². The van der Waals surface area contributed by atoms with E-state index in [1.807, 2.05) is 29.8 Å². The van der Waals surface area contributed by atoms with E-state index in [-0.39, 0.29) is 30.0 Å². The van der Waals surface area contributed by atoms with Gasteiger partial charge < -0.3 is 25.0 Å². The van der Waals surface area contributed by atoms with Crippen LogP contribution in [0.4, 0.5) is 15.9 Å². The number of benzene rings is 2. The van der Waals surface area contributed by atoms with E-state index in [4.69, 9.17) is 25.2 Å². The smallest absolute Gasteiger partial charge is 0.318 e. The molecule has 0 spiro atoms. The second kappa shape index (κ2) is 12.6. The van der Waals surface area contributed by atoms with Crippen molar-refractivity contribution in [2.24, 2.45) is 0 Å². The summed E-state index contributed by atoms with van der Waals surface area (Å²) in [5.74, 6) is 0.419. The molecule has 0 unspecified atom stereocenters. The van der Waals surface area contributed by atoms with Gasteiger partial charge in [-0.1, -0.05) is 25.1 Å². The van der Waals surface area contributed by atoms with Crippen LogP contribution in [0.25, 0.3) is 10.8 Å². The van der Waals surface area contributed by atoms with Crippen molar-refractivity contribution in [2.75, 3.05) is 51.0 Å². The molecule has 50 heavy (non-hydrogen) atoms. The molecule has 2 saturated heterocycles. The van der Waals surface area contributed by atoms with Crippen LogP contribution in [0.2, 0.25) is 0 Å². The third-order valence-corrected chi connectivity index (χ3v) is 10.9. The van der Waals surface area contributed by atoms with E-state index < -0.39 is 0 Å². The Morgan fingerprint density at radius 2 is 2.02 bits per heavy atom. The fourth-order valence-corrected chi connectivity index (χ4v) is 8.55. The van der Waals surface area contributed by atoms with Crippen molar-refractivity contribution in [1.82, 2.24) is 29.5 Å². The third kappa shape index (κ3) is 5.68. The maximum Gasteiger partial charge on any atom is 0.318 e. The molecule has 2 atom stereocenters. The van der Waals surface area contributed by atoms with E-state index in [1.165, 1.54) is 11.6 Å². The second-order valence-corrected chi connectivity index (χ2v) is 14.5. The molecular weight excluding hydrogens is 635 g/mol. The molecule has 262 valence electrons. The maximum absolute atomic E-state index is 15.1. The number of nitrogen functional groups attached to an aromatic ring is 1. The highest BCUT2D eigenvalue weighted by Gasteiger charge is 2.46. The summed E-state index contributed by atoms with van der Waals surface area (Å²) in [6.07, 6.45) is 4.56. The van der Waals surface area contributed by atoms with Gasteiger partial charge in [0.1, 0.15) is 18.2 Å². The number of carbonyl (C=O) groups excluding carboxylic acids is 1. The number of rotatable bonds is 7. The Labute approximate surface area is 291 Å². The van der Waals surface area contributed by atoms with Gasteiger partial charge in [-0.3, -0.25) is 14.4 Å². The highest BCUT2D eigenvalue weighted by molar-refractivity contribution is 5.92. The first-order chi connectivity index (χ1) is 24.1. The van der Waals surface area contributed by atoms with Gasteiger partial charge in [0.05, 0.1) is 36.2 Å². The third-order valence-electron chi connectivity index (χ3n) is 10.9. The second-order valence-electron chi connectivity index (χ2n) is 14.5. The number of aromatic nitrogens is 4. The molecule has 6 heterocycles. The number of hydrogen-bond acceptors (Lipinski definition) is 9. The molecule has 0 bridgehead atoms. The normalized spacial score (nSPS) is 22.0. The summed E-state index contributed by atoms with van der Waals surface area (Å²) >= 11 is 0. The Morgan fingerprint density at radius 3 is 2.84 bits per heavy atom. The fourth-order valence-electron chi connectivity index (χ4n) is 8.55. The summed E-state index contributed by atoms with van der Waals surface area (Å²) in [5, 5.41) is 6.39. The number of anilines is 2. The number of nitrogens with two attached hydrogens (primary N) is 1. The van der Waals surface area contributed by atoms with Gasteiger partial charge in [-0.25, -0.2) is 4.39 Å². The fraction of sp³-hybridized carbons (Fsp3) is 0.474. The van der Waals surface area contributed by atoms with E-state index in [2.05, 4.69) is 21.5 Å². The number of carbonyl (C=O) groups is 1. The molecule has 0 saturated carbocycles. The number of nitrogens with zero attached hydrogens (tertiary/aromatic N) is 7. The first kappa shape index (κ1) is 32.6. The van der Waals surface area contributed by atoms with E-state index >= 15 is 4.39 Å². The monoisotopic (exact) mass is 680 g/mol. The SMILES string of the molecule is C=C1CN2CCC[C@@]2(COc2nc3c(c(N4CCCn5nc(C(=O)N(C)C)cc5C4)n2)CO[C@H](c2cc(N)cc4ccc(F)c(CC)c24)C3)C1. The molecule has 11 nitrogen and oxygen atoms in total. The Balaban J connectivity index is 1.17. The standard InChI is InChI=1S/C38H45FN8O3/c1-5-27-30(39)9-8-24-14-25(40)15-28(34(24)27)33-17-31-29(21-49-33)35(42-37(41-31)50-22-38-10-6-12-46(38)19-23(2)18-38)45-11-7-13-47-26(20-45)16-32(43-47)36(48)44(3)4/h8-9,14-16,33H,2,5-7,10-13,17-22,40H2,1,3-4H3/t33-,38-/m0/s1. The van der Waals surface area contributed by atoms with Crippen molar-refractivity contribution in [3.63, 3.8) is 0 Å². The van der Waals surface area contributed by atoms with Crippen molar-refractivity contribution in [3.05, 3.63) is 82.1 Å². The lowest BCUT2D eigenvalue weighted by Crippen LogP contribution is -2.43. The van der Waals surface area contributed by atoms with Crippen molar-refractivity contribution >= 4 is 28.2 Å². The Hall–Kier alpha value is -4.55. The summed E-state index contributed by atoms with van der Waals surface area (Å²) in [5.41, 5.74) is 12.8. The lowest BCUT2D eigenvalue weighted by molar-refractivity contribution is 0.0263. The largest absolute Gasteiger partial charge is 0.461 e. The minimum absolute atomic E-state index is 0.0757. The molecule has 0 aliphatic carbocycles. The van der Waals surface area contributed by atoms with Crippen LogP contribution in [-0.2, 0) is 37.3 Å². The van der Waals surface area contributed by atoms with E-state index in [1.54, 1.807) is 25.1 Å². The Bertz CT molecular complexity index is 2010. The number of ether oxygens (including phenoxy) is 2. The van der Waals surface area contributed by atoms with Gasteiger partial charge in [-0.15, -0.1) is 0 Å². The highest BCUT2D eigenvalue weighted by atomic mass is 19.1. The minimum Gasteiger partial charge on any atom is -0.461 e. The van der Waals surface area contributed by atoms with E-state index in [0.29, 0.717) is 55.5 Å². The topological polar surface area (TPSA) is 115 Å². The summed E-state index contributed by atoms with van der Waals surface area (Å²) in [7, 11) is 3.47. The molecule has 2 fully saturated rings. The zero-order valence-electron chi connectivity index (χ0n) is 29.2. The number of aryl methyl sites for hydroxylation is 2. The first-order valence-corrected chi connectivity index (χ1v) is 17.7. The minimum atomic E-state index is -0.386. The van der Waals surface area contributed by atoms with Crippen molar-refractivity contribution < 1.29 is 18.7 Å². The van der Waals surface area contributed by atoms with E-state index in [0.717, 1.165) is 84.4 Å². The first-order valence-electron chi connectivity index (χ1n) is 17.7. The summed E-state index contributed by atoms with van der Waals surface area (Å²) in [4.78, 5) is 29.2. The predicted octanol–water partition coefficient (Wildman–Crippen LogP) is 5.21. The van der Waals surface area contributed by atoms with Gasteiger partial charge in [0.2, 0.25) is 0 Å². The van der Waals surface area contributed by atoms with Crippen molar-refractivity contribution in [3.8, 4) is 6.01 Å². The van der Waals surface area contributed by atoms with Crippen LogP contribution < -0.4 is 15.4 Å². The molecule has 2 aromatic heterocycles. The van der Waals surface area contributed by atoms with Gasteiger partial charge in [0, 0.05) is 51.4 Å². The van der Waals surface area contributed by atoms with Crippen LogP contribution in [0.3, 0.4) is 0 Å². The van der Waals surface area contributed by atoms with Crippen LogP contribution in [0.15, 0.2) is 42.5 Å².